The van der Waals surface area contributed by atoms with Crippen LogP contribution in [0.4, 0.5) is 0 Å². The van der Waals surface area contributed by atoms with Crippen molar-refractivity contribution in [2.45, 2.75) is 31.1 Å². The summed E-state index contributed by atoms with van der Waals surface area (Å²) in [5, 5.41) is 0.984. The average molecular weight is 278 g/mol. The number of nitrogens with zero attached hydrogens (tertiary/aromatic N) is 1. The molecule has 2 aromatic rings. The molecule has 2 heterocycles. The van der Waals surface area contributed by atoms with E-state index in [9.17, 15) is 8.42 Å². The van der Waals surface area contributed by atoms with Crippen molar-refractivity contribution in [3.8, 4) is 0 Å². The van der Waals surface area contributed by atoms with E-state index in [2.05, 4.69) is 4.98 Å². The highest BCUT2D eigenvalue weighted by Crippen LogP contribution is 2.25. The smallest absolute Gasteiger partial charge is 0.243 e. The van der Waals surface area contributed by atoms with Crippen molar-refractivity contribution in [3.63, 3.8) is 0 Å². The van der Waals surface area contributed by atoms with E-state index in [0.717, 1.165) is 35.7 Å². The number of fused-ring (bicyclic) bond motifs is 1. The van der Waals surface area contributed by atoms with E-state index in [1.807, 2.05) is 19.2 Å². The van der Waals surface area contributed by atoms with E-state index in [4.69, 9.17) is 0 Å². The van der Waals surface area contributed by atoms with E-state index >= 15 is 0 Å². The van der Waals surface area contributed by atoms with Gasteiger partial charge >= 0.3 is 0 Å². The summed E-state index contributed by atoms with van der Waals surface area (Å²) in [7, 11) is -3.33. The number of piperidine rings is 1. The largest absolute Gasteiger partial charge is 0.361 e. The minimum absolute atomic E-state index is 0.407. The molecule has 0 atom stereocenters. The van der Waals surface area contributed by atoms with E-state index in [0.29, 0.717) is 18.0 Å². The molecule has 1 aliphatic heterocycles. The molecule has 1 N–H and O–H groups in total. The van der Waals surface area contributed by atoms with E-state index < -0.39 is 10.0 Å². The minimum atomic E-state index is -3.33. The van der Waals surface area contributed by atoms with Gasteiger partial charge < -0.3 is 4.98 Å². The Morgan fingerprint density at radius 2 is 1.89 bits per heavy atom. The van der Waals surface area contributed by atoms with E-state index in [1.54, 1.807) is 16.4 Å². The van der Waals surface area contributed by atoms with Crippen LogP contribution in [0, 0.1) is 6.92 Å². The Labute approximate surface area is 113 Å². The van der Waals surface area contributed by atoms with Crippen LogP contribution in [0.15, 0.2) is 29.3 Å². The Morgan fingerprint density at radius 3 is 2.63 bits per heavy atom. The van der Waals surface area contributed by atoms with Gasteiger partial charge in [0.1, 0.15) is 0 Å². The zero-order valence-corrected chi connectivity index (χ0v) is 11.8. The number of hydrogen-bond donors (Lipinski definition) is 1. The van der Waals surface area contributed by atoms with Crippen LogP contribution in [-0.2, 0) is 10.0 Å². The van der Waals surface area contributed by atoms with Crippen LogP contribution in [0.25, 0.3) is 10.9 Å². The monoisotopic (exact) mass is 278 g/mol. The molecule has 19 heavy (non-hydrogen) atoms. The van der Waals surface area contributed by atoms with Gasteiger partial charge in [-0.25, -0.2) is 8.42 Å². The summed E-state index contributed by atoms with van der Waals surface area (Å²) in [5.74, 6) is 0. The first-order valence-electron chi connectivity index (χ1n) is 6.67. The highest BCUT2D eigenvalue weighted by molar-refractivity contribution is 7.89. The molecule has 0 bridgehead atoms. The van der Waals surface area contributed by atoms with Gasteiger partial charge in [0.2, 0.25) is 10.0 Å². The lowest BCUT2D eigenvalue weighted by molar-refractivity contribution is 0.346. The normalized spacial score (nSPS) is 17.9. The molecule has 0 saturated carbocycles. The average Bonchev–Trinajstić information content (AvgIpc) is 2.81. The molecule has 1 fully saturated rings. The van der Waals surface area contributed by atoms with E-state index in [-0.39, 0.29) is 0 Å². The molecule has 0 spiro atoms. The van der Waals surface area contributed by atoms with Crippen LogP contribution in [-0.4, -0.2) is 30.8 Å². The van der Waals surface area contributed by atoms with Crippen molar-refractivity contribution < 1.29 is 8.42 Å². The van der Waals surface area contributed by atoms with Gasteiger partial charge in [-0.3, -0.25) is 0 Å². The molecule has 0 unspecified atom stereocenters. The number of aryl methyl sites for hydroxylation is 1. The zero-order valence-electron chi connectivity index (χ0n) is 11.0. The van der Waals surface area contributed by atoms with Crippen molar-refractivity contribution in [2.24, 2.45) is 0 Å². The molecule has 102 valence electrons. The number of aromatic amines is 1. The first kappa shape index (κ1) is 12.7. The third-order valence-electron chi connectivity index (χ3n) is 3.81. The molecule has 5 heteroatoms. The predicted molar refractivity (Wildman–Crippen MR) is 75.6 cm³/mol. The summed E-state index contributed by atoms with van der Waals surface area (Å²) in [4.78, 5) is 3.54. The minimum Gasteiger partial charge on any atom is -0.361 e. The maximum absolute atomic E-state index is 12.6. The number of H-pyrrole nitrogens is 1. The number of sulfonamides is 1. The summed E-state index contributed by atoms with van der Waals surface area (Å²) in [6.45, 7) is 3.27. The van der Waals surface area contributed by atoms with Crippen LogP contribution in [0.1, 0.15) is 24.8 Å². The number of hydrogen-bond acceptors (Lipinski definition) is 2. The highest BCUT2D eigenvalue weighted by atomic mass is 32.2. The number of benzene rings is 1. The van der Waals surface area contributed by atoms with Crippen LogP contribution >= 0.6 is 0 Å². The lowest BCUT2D eigenvalue weighted by Crippen LogP contribution is -2.35. The summed E-state index contributed by atoms with van der Waals surface area (Å²) in [6.07, 6.45) is 4.96. The van der Waals surface area contributed by atoms with Crippen LogP contribution in [0.5, 0.6) is 0 Å². The second-order valence-corrected chi connectivity index (χ2v) is 7.08. The van der Waals surface area contributed by atoms with Crippen molar-refractivity contribution in [3.05, 3.63) is 30.0 Å². The lowest BCUT2D eigenvalue weighted by atomic mass is 10.2. The molecule has 3 rings (SSSR count). The SMILES string of the molecule is Cc1c[nH]c2ccc(S(=O)(=O)N3CCCCC3)cc12. The van der Waals surface area contributed by atoms with Crippen molar-refractivity contribution >= 4 is 20.9 Å². The first-order chi connectivity index (χ1) is 9.09. The molecule has 1 aromatic carbocycles. The molecule has 1 saturated heterocycles. The van der Waals surface area contributed by atoms with Crippen LogP contribution in [0.3, 0.4) is 0 Å². The summed E-state index contributed by atoms with van der Waals surface area (Å²) < 4.78 is 26.8. The van der Waals surface area contributed by atoms with Gasteiger partial charge in [-0.15, -0.1) is 0 Å². The number of nitrogens with one attached hydrogen (secondary N) is 1. The summed E-state index contributed by atoms with van der Waals surface area (Å²) in [5.41, 5.74) is 2.06. The Kier molecular flexibility index (Phi) is 3.11. The Balaban J connectivity index is 2.04. The third kappa shape index (κ3) is 2.17. The topological polar surface area (TPSA) is 53.2 Å². The van der Waals surface area contributed by atoms with Crippen molar-refractivity contribution in [1.29, 1.82) is 0 Å². The molecule has 1 aromatic heterocycles. The molecule has 4 nitrogen and oxygen atoms in total. The fourth-order valence-corrected chi connectivity index (χ4v) is 4.20. The van der Waals surface area contributed by atoms with Gasteiger partial charge in [-0.05, 0) is 43.5 Å². The van der Waals surface area contributed by atoms with Crippen molar-refractivity contribution in [2.75, 3.05) is 13.1 Å². The second-order valence-electron chi connectivity index (χ2n) is 5.14. The Hall–Kier alpha value is -1.33. The van der Waals surface area contributed by atoms with Crippen LogP contribution in [0.2, 0.25) is 0 Å². The number of rotatable bonds is 2. The summed E-state index contributed by atoms with van der Waals surface area (Å²) in [6, 6.07) is 5.33. The van der Waals surface area contributed by atoms with Gasteiger partial charge in [0.25, 0.3) is 0 Å². The summed E-state index contributed by atoms with van der Waals surface area (Å²) >= 11 is 0. The lowest BCUT2D eigenvalue weighted by Gasteiger charge is -2.25. The number of aromatic nitrogens is 1. The molecular formula is C14H18N2O2S. The molecule has 1 aliphatic rings. The maximum Gasteiger partial charge on any atom is 0.243 e. The van der Waals surface area contributed by atoms with Gasteiger partial charge in [0, 0.05) is 30.2 Å². The fraction of sp³-hybridized carbons (Fsp3) is 0.429. The van der Waals surface area contributed by atoms with Gasteiger partial charge in [-0.2, -0.15) is 4.31 Å². The highest BCUT2D eigenvalue weighted by Gasteiger charge is 2.26. The van der Waals surface area contributed by atoms with Crippen molar-refractivity contribution in [1.82, 2.24) is 9.29 Å². The first-order valence-corrected chi connectivity index (χ1v) is 8.11. The Bertz CT molecular complexity index is 697. The molecule has 0 aliphatic carbocycles. The Morgan fingerprint density at radius 1 is 1.16 bits per heavy atom. The maximum atomic E-state index is 12.6. The molecule has 0 radical (unpaired) electrons. The standard InChI is InChI=1S/C14H18N2O2S/c1-11-10-15-14-6-5-12(9-13(11)14)19(17,18)16-7-3-2-4-8-16/h5-6,9-10,15H,2-4,7-8H2,1H3. The quantitative estimate of drug-likeness (QED) is 0.918. The third-order valence-corrected chi connectivity index (χ3v) is 5.71. The van der Waals surface area contributed by atoms with E-state index in [1.165, 1.54) is 0 Å². The van der Waals surface area contributed by atoms with Gasteiger partial charge in [-0.1, -0.05) is 6.42 Å². The molecular weight excluding hydrogens is 260 g/mol. The molecule has 0 amide bonds. The predicted octanol–water partition coefficient (Wildman–Crippen LogP) is 2.65. The van der Waals surface area contributed by atoms with Gasteiger partial charge in [0.15, 0.2) is 0 Å². The van der Waals surface area contributed by atoms with Crippen LogP contribution < -0.4 is 0 Å². The van der Waals surface area contributed by atoms with Gasteiger partial charge in [0.05, 0.1) is 4.90 Å². The fourth-order valence-electron chi connectivity index (χ4n) is 2.65. The second kappa shape index (κ2) is 4.65. The zero-order chi connectivity index (χ0) is 13.5.